The summed E-state index contributed by atoms with van der Waals surface area (Å²) in [6, 6.07) is 7.13. The topological polar surface area (TPSA) is 119 Å². The summed E-state index contributed by atoms with van der Waals surface area (Å²) in [4.78, 5) is 49.5. The lowest BCUT2D eigenvalue weighted by atomic mass is 10.1. The SMILES string of the molecule is CC(=O)N1C[C@@H](F)C[C@H]1C(=O)N[C@@H](CCC(=O)C=N)C(=O)NCc1ccccc1. The van der Waals surface area contributed by atoms with Crippen LogP contribution in [0.25, 0.3) is 0 Å². The van der Waals surface area contributed by atoms with Crippen LogP contribution in [-0.4, -0.2) is 59.4 Å². The predicted molar refractivity (Wildman–Crippen MR) is 104 cm³/mol. The second-order valence-corrected chi connectivity index (χ2v) is 6.93. The zero-order valence-corrected chi connectivity index (χ0v) is 16.2. The molecule has 0 bridgehead atoms. The third kappa shape index (κ3) is 6.48. The Labute approximate surface area is 168 Å². The Hall–Kier alpha value is -3.10. The molecule has 3 atom stereocenters. The van der Waals surface area contributed by atoms with Crippen molar-refractivity contribution in [3.8, 4) is 0 Å². The van der Waals surface area contributed by atoms with Gasteiger partial charge in [0.05, 0.1) is 12.8 Å². The fraction of sp³-hybridized carbons (Fsp3) is 0.450. The molecule has 3 N–H and O–H groups in total. The molecular formula is C20H25FN4O4. The fourth-order valence-corrected chi connectivity index (χ4v) is 3.19. The second-order valence-electron chi connectivity index (χ2n) is 6.93. The van der Waals surface area contributed by atoms with Gasteiger partial charge in [-0.3, -0.25) is 19.2 Å². The van der Waals surface area contributed by atoms with E-state index in [0.717, 1.165) is 10.5 Å². The van der Waals surface area contributed by atoms with E-state index in [0.29, 0.717) is 6.21 Å². The van der Waals surface area contributed by atoms with E-state index in [1.165, 1.54) is 6.92 Å². The Morgan fingerprint density at radius 1 is 1.28 bits per heavy atom. The molecule has 2 rings (SSSR count). The normalized spacial score (nSPS) is 19.3. The number of nitrogens with zero attached hydrogens (tertiary/aromatic N) is 1. The molecule has 9 heteroatoms. The number of carbonyl (C=O) groups excluding carboxylic acids is 4. The maximum Gasteiger partial charge on any atom is 0.243 e. The first-order chi connectivity index (χ1) is 13.8. The largest absolute Gasteiger partial charge is 0.350 e. The summed E-state index contributed by atoms with van der Waals surface area (Å²) in [5.74, 6) is -2.03. The molecule has 29 heavy (non-hydrogen) atoms. The number of Topliss-reactive ketones (excluding diaryl/α,β-unsaturated/α-hetero) is 1. The number of hydrogen-bond acceptors (Lipinski definition) is 5. The average molecular weight is 404 g/mol. The van der Waals surface area contributed by atoms with E-state index in [4.69, 9.17) is 5.41 Å². The van der Waals surface area contributed by atoms with Crippen LogP contribution in [0.15, 0.2) is 30.3 Å². The van der Waals surface area contributed by atoms with Crippen LogP contribution in [0.5, 0.6) is 0 Å². The van der Waals surface area contributed by atoms with E-state index in [1.807, 2.05) is 30.3 Å². The van der Waals surface area contributed by atoms with Crippen LogP contribution in [-0.2, 0) is 25.7 Å². The van der Waals surface area contributed by atoms with Crippen molar-refractivity contribution in [1.82, 2.24) is 15.5 Å². The van der Waals surface area contributed by atoms with Gasteiger partial charge in [-0.1, -0.05) is 30.3 Å². The highest BCUT2D eigenvalue weighted by Crippen LogP contribution is 2.21. The van der Waals surface area contributed by atoms with Crippen LogP contribution < -0.4 is 10.6 Å². The Bertz CT molecular complexity index is 771. The molecule has 8 nitrogen and oxygen atoms in total. The molecule has 1 aromatic carbocycles. The van der Waals surface area contributed by atoms with Crippen LogP contribution in [0, 0.1) is 5.41 Å². The molecule has 0 aromatic heterocycles. The van der Waals surface area contributed by atoms with Crippen LogP contribution in [0.4, 0.5) is 4.39 Å². The summed E-state index contributed by atoms with van der Waals surface area (Å²) >= 11 is 0. The van der Waals surface area contributed by atoms with Crippen molar-refractivity contribution in [1.29, 1.82) is 5.41 Å². The van der Waals surface area contributed by atoms with E-state index >= 15 is 0 Å². The quantitative estimate of drug-likeness (QED) is 0.526. The van der Waals surface area contributed by atoms with Gasteiger partial charge in [0, 0.05) is 26.3 Å². The molecule has 0 spiro atoms. The predicted octanol–water partition coefficient (Wildman–Crippen LogP) is 0.745. The van der Waals surface area contributed by atoms with Crippen molar-refractivity contribution in [2.75, 3.05) is 6.54 Å². The molecule has 0 unspecified atom stereocenters. The maximum absolute atomic E-state index is 13.7. The fourth-order valence-electron chi connectivity index (χ4n) is 3.19. The standard InChI is InChI=1S/C20H25FN4O4/c1-13(26)25-12-15(21)9-18(25)20(29)24-17(8-7-16(27)10-22)19(28)23-11-14-5-3-2-4-6-14/h2-6,10,15,17-18,22H,7-9,11-12H2,1H3,(H,23,28)(H,24,29)/t15-,17-,18-/m0/s1. The number of nitrogens with one attached hydrogen (secondary N) is 3. The summed E-state index contributed by atoms with van der Waals surface area (Å²) in [5, 5.41) is 12.2. The summed E-state index contributed by atoms with van der Waals surface area (Å²) in [6.07, 6.45) is -0.891. The van der Waals surface area contributed by atoms with Gasteiger partial charge in [-0.2, -0.15) is 0 Å². The van der Waals surface area contributed by atoms with Gasteiger partial charge in [0.2, 0.25) is 17.7 Å². The second kappa shape index (κ2) is 10.4. The van der Waals surface area contributed by atoms with Crippen LogP contribution in [0.3, 0.4) is 0 Å². The number of alkyl halides is 1. The smallest absolute Gasteiger partial charge is 0.243 e. The maximum atomic E-state index is 13.7. The van der Waals surface area contributed by atoms with E-state index in [1.54, 1.807) is 0 Å². The first-order valence-corrected chi connectivity index (χ1v) is 9.38. The molecule has 1 fully saturated rings. The molecular weight excluding hydrogens is 379 g/mol. The Balaban J connectivity index is 2.04. The number of hydrogen-bond donors (Lipinski definition) is 3. The molecule has 1 saturated heterocycles. The highest BCUT2D eigenvalue weighted by atomic mass is 19.1. The molecule has 1 aliphatic heterocycles. The Morgan fingerprint density at radius 2 is 1.97 bits per heavy atom. The Morgan fingerprint density at radius 3 is 2.59 bits per heavy atom. The van der Waals surface area contributed by atoms with Crippen LogP contribution in [0.1, 0.15) is 31.7 Å². The third-order valence-electron chi connectivity index (χ3n) is 4.74. The van der Waals surface area contributed by atoms with Gasteiger partial charge < -0.3 is 20.9 Å². The number of likely N-dealkylation sites (tertiary alicyclic amines) is 1. The average Bonchev–Trinajstić information content (AvgIpc) is 3.11. The van der Waals surface area contributed by atoms with Gasteiger partial charge in [-0.05, 0) is 12.0 Å². The number of amides is 3. The minimum atomic E-state index is -1.31. The lowest BCUT2D eigenvalue weighted by molar-refractivity contribution is -0.138. The molecule has 0 saturated carbocycles. The molecule has 3 amide bonds. The van der Waals surface area contributed by atoms with Crippen molar-refractivity contribution in [3.05, 3.63) is 35.9 Å². The highest BCUT2D eigenvalue weighted by Gasteiger charge is 2.39. The summed E-state index contributed by atoms with van der Waals surface area (Å²) < 4.78 is 13.7. The molecule has 1 aromatic rings. The zero-order valence-electron chi connectivity index (χ0n) is 16.2. The monoisotopic (exact) mass is 404 g/mol. The number of rotatable bonds is 9. The lowest BCUT2D eigenvalue weighted by Crippen LogP contribution is -2.52. The van der Waals surface area contributed by atoms with E-state index in [2.05, 4.69) is 10.6 Å². The van der Waals surface area contributed by atoms with Gasteiger partial charge in [0.25, 0.3) is 0 Å². The number of carbonyl (C=O) groups is 4. The van der Waals surface area contributed by atoms with Crippen molar-refractivity contribution < 1.29 is 23.6 Å². The minimum absolute atomic E-state index is 0.00752. The Kier molecular flexibility index (Phi) is 7.99. The van der Waals surface area contributed by atoms with E-state index in [-0.39, 0.29) is 32.4 Å². The number of benzene rings is 1. The van der Waals surface area contributed by atoms with Gasteiger partial charge in [0.15, 0.2) is 5.78 Å². The summed E-state index contributed by atoms with van der Waals surface area (Å²) in [7, 11) is 0. The van der Waals surface area contributed by atoms with E-state index < -0.39 is 41.8 Å². The molecule has 0 radical (unpaired) electrons. The summed E-state index contributed by atoms with van der Waals surface area (Å²) in [5.41, 5.74) is 0.861. The summed E-state index contributed by atoms with van der Waals surface area (Å²) in [6.45, 7) is 1.33. The van der Waals surface area contributed by atoms with Crippen molar-refractivity contribution in [2.45, 2.75) is 51.0 Å². The number of halogens is 1. The van der Waals surface area contributed by atoms with E-state index in [9.17, 15) is 23.6 Å². The first kappa shape index (κ1) is 22.2. The molecule has 0 aliphatic carbocycles. The lowest BCUT2D eigenvalue weighted by Gasteiger charge is -2.25. The van der Waals surface area contributed by atoms with Crippen molar-refractivity contribution in [2.24, 2.45) is 0 Å². The highest BCUT2D eigenvalue weighted by molar-refractivity contribution is 6.26. The van der Waals surface area contributed by atoms with Gasteiger partial charge in [-0.15, -0.1) is 0 Å². The molecule has 1 aliphatic rings. The van der Waals surface area contributed by atoms with Crippen LogP contribution >= 0.6 is 0 Å². The first-order valence-electron chi connectivity index (χ1n) is 9.38. The van der Waals surface area contributed by atoms with Crippen LogP contribution in [0.2, 0.25) is 0 Å². The van der Waals surface area contributed by atoms with Gasteiger partial charge in [-0.25, -0.2) is 4.39 Å². The minimum Gasteiger partial charge on any atom is -0.350 e. The van der Waals surface area contributed by atoms with Gasteiger partial charge >= 0.3 is 0 Å². The van der Waals surface area contributed by atoms with Crippen molar-refractivity contribution >= 4 is 29.7 Å². The molecule has 156 valence electrons. The third-order valence-corrected chi connectivity index (χ3v) is 4.74. The number of ketones is 1. The zero-order chi connectivity index (χ0) is 21.4. The van der Waals surface area contributed by atoms with Crippen molar-refractivity contribution in [3.63, 3.8) is 0 Å². The molecule has 1 heterocycles. The van der Waals surface area contributed by atoms with Gasteiger partial charge in [0.1, 0.15) is 18.3 Å².